The van der Waals surface area contributed by atoms with Gasteiger partial charge in [-0.2, -0.15) is 0 Å². The Labute approximate surface area is 131 Å². The molecule has 1 aliphatic heterocycles. The van der Waals surface area contributed by atoms with Gasteiger partial charge in [-0.1, -0.05) is 11.6 Å². The maximum atomic E-state index is 12.9. The van der Waals surface area contributed by atoms with Crippen molar-refractivity contribution in [3.8, 4) is 0 Å². The highest BCUT2D eigenvalue weighted by atomic mass is 127. The molecule has 3 nitrogen and oxygen atoms in total. The van der Waals surface area contributed by atoms with Crippen LogP contribution in [0.15, 0.2) is 29.8 Å². The summed E-state index contributed by atoms with van der Waals surface area (Å²) < 4.78 is 13.6. The molecule has 0 unspecified atom stereocenters. The summed E-state index contributed by atoms with van der Waals surface area (Å²) in [7, 11) is 0. The van der Waals surface area contributed by atoms with Crippen LogP contribution in [0.5, 0.6) is 0 Å². The summed E-state index contributed by atoms with van der Waals surface area (Å²) in [6.45, 7) is 2.38. The zero-order chi connectivity index (χ0) is 13.0. The van der Waals surface area contributed by atoms with Crippen LogP contribution in [0.2, 0.25) is 0 Å². The van der Waals surface area contributed by atoms with Crippen LogP contribution >= 0.6 is 35.0 Å². The Kier molecular flexibility index (Phi) is 6.74. The summed E-state index contributed by atoms with van der Waals surface area (Å²) in [6.07, 6.45) is 3.06. The van der Waals surface area contributed by atoms with Crippen LogP contribution in [0.3, 0.4) is 0 Å². The van der Waals surface area contributed by atoms with E-state index in [1.54, 1.807) is 0 Å². The first-order valence-electron chi connectivity index (χ1n) is 5.78. The van der Waals surface area contributed by atoms with Crippen LogP contribution in [0.25, 0.3) is 0 Å². The molecule has 0 fully saturated rings. The van der Waals surface area contributed by atoms with Gasteiger partial charge >= 0.3 is 0 Å². The van der Waals surface area contributed by atoms with Crippen molar-refractivity contribution < 1.29 is 9.18 Å². The maximum Gasteiger partial charge on any atom is 0.252 e. The number of halogens is 3. The average molecular weight is 397 g/mol. The normalized spacial score (nSPS) is 14.3. The lowest BCUT2D eigenvalue weighted by Crippen LogP contribution is -2.30. The summed E-state index contributed by atoms with van der Waals surface area (Å²) in [5.74, 6) is -0.476. The van der Waals surface area contributed by atoms with Gasteiger partial charge < -0.3 is 10.6 Å². The average Bonchev–Trinajstić information content (AvgIpc) is 2.37. The Morgan fingerprint density at radius 1 is 1.47 bits per heavy atom. The number of rotatable bonds is 3. The molecule has 0 aliphatic carbocycles. The fourth-order valence-electron chi connectivity index (χ4n) is 1.79. The molecule has 2 rings (SSSR count). The first kappa shape index (κ1) is 16.4. The number of nitrogens with one attached hydrogen (secondary N) is 2. The van der Waals surface area contributed by atoms with Gasteiger partial charge in [-0.15, -0.1) is 12.4 Å². The highest BCUT2D eigenvalue weighted by molar-refractivity contribution is 14.1. The minimum absolute atomic E-state index is 0. The minimum atomic E-state index is -0.322. The highest BCUT2D eigenvalue weighted by Gasteiger charge is 2.11. The second kappa shape index (κ2) is 7.81. The lowest BCUT2D eigenvalue weighted by Gasteiger charge is -2.14. The van der Waals surface area contributed by atoms with Gasteiger partial charge in [-0.25, -0.2) is 4.39 Å². The smallest absolute Gasteiger partial charge is 0.252 e. The Bertz CT molecular complexity index is 494. The lowest BCUT2D eigenvalue weighted by atomic mass is 10.1. The van der Waals surface area contributed by atoms with Gasteiger partial charge in [-0.3, -0.25) is 4.79 Å². The van der Waals surface area contributed by atoms with Crippen LogP contribution < -0.4 is 10.6 Å². The third-order valence-electron chi connectivity index (χ3n) is 2.81. The van der Waals surface area contributed by atoms with Crippen molar-refractivity contribution >= 4 is 40.9 Å². The molecule has 1 heterocycles. The molecule has 1 aliphatic rings. The minimum Gasteiger partial charge on any atom is -0.348 e. The summed E-state index contributed by atoms with van der Waals surface area (Å²) in [4.78, 5) is 11.9. The van der Waals surface area contributed by atoms with E-state index in [0.717, 1.165) is 19.5 Å². The molecule has 0 aromatic heterocycles. The van der Waals surface area contributed by atoms with Gasteiger partial charge in [0.05, 0.1) is 5.56 Å². The van der Waals surface area contributed by atoms with Crippen LogP contribution in [-0.4, -0.2) is 25.5 Å². The van der Waals surface area contributed by atoms with E-state index < -0.39 is 0 Å². The number of amides is 1. The van der Waals surface area contributed by atoms with Crippen molar-refractivity contribution in [3.05, 3.63) is 44.8 Å². The SMILES string of the molecule is Cl.O=C(NCC1=CCNCC1)c1ccc(F)cc1I. The summed E-state index contributed by atoms with van der Waals surface area (Å²) in [5, 5.41) is 6.08. The van der Waals surface area contributed by atoms with Crippen molar-refractivity contribution in [2.75, 3.05) is 19.6 Å². The lowest BCUT2D eigenvalue weighted by molar-refractivity contribution is 0.0955. The molecule has 0 bridgehead atoms. The second-order valence-electron chi connectivity index (χ2n) is 4.12. The molecule has 1 aromatic rings. The predicted octanol–water partition coefficient (Wildman–Crippen LogP) is 2.50. The molecule has 6 heteroatoms. The first-order chi connectivity index (χ1) is 8.66. The van der Waals surface area contributed by atoms with Crippen LogP contribution in [0.4, 0.5) is 4.39 Å². The molecule has 1 amide bonds. The largest absolute Gasteiger partial charge is 0.348 e. The molecule has 2 N–H and O–H groups in total. The van der Waals surface area contributed by atoms with Crippen LogP contribution in [0.1, 0.15) is 16.8 Å². The number of carbonyl (C=O) groups excluding carboxylic acids is 1. The van der Waals surface area contributed by atoms with Crippen molar-refractivity contribution in [2.24, 2.45) is 0 Å². The number of carbonyl (C=O) groups is 1. The van der Waals surface area contributed by atoms with E-state index in [1.807, 2.05) is 22.6 Å². The fourth-order valence-corrected chi connectivity index (χ4v) is 2.52. The molecule has 104 valence electrons. The third-order valence-corrected chi connectivity index (χ3v) is 3.70. The quantitative estimate of drug-likeness (QED) is 0.609. The Hall–Kier alpha value is -0.660. The van der Waals surface area contributed by atoms with Crippen molar-refractivity contribution in [1.82, 2.24) is 10.6 Å². The molecule has 0 spiro atoms. The topological polar surface area (TPSA) is 41.1 Å². The van der Waals surface area contributed by atoms with Gasteiger partial charge in [0.1, 0.15) is 5.82 Å². The van der Waals surface area contributed by atoms with E-state index in [1.165, 1.54) is 23.8 Å². The molecule has 1 aromatic carbocycles. The zero-order valence-corrected chi connectivity index (χ0v) is 13.2. The third kappa shape index (κ3) is 4.74. The van der Waals surface area contributed by atoms with Gasteiger partial charge in [0.15, 0.2) is 0 Å². The molecule has 0 radical (unpaired) electrons. The monoisotopic (exact) mass is 396 g/mol. The molecule has 0 atom stereocenters. The van der Waals surface area contributed by atoms with Crippen molar-refractivity contribution in [1.29, 1.82) is 0 Å². The first-order valence-corrected chi connectivity index (χ1v) is 6.86. The van der Waals surface area contributed by atoms with E-state index in [4.69, 9.17) is 0 Å². The molecule has 0 saturated heterocycles. The summed E-state index contributed by atoms with van der Waals surface area (Å²) >= 11 is 1.97. The fraction of sp³-hybridized carbons (Fsp3) is 0.308. The number of hydrogen-bond donors (Lipinski definition) is 2. The van der Waals surface area contributed by atoms with Gasteiger partial charge in [0.25, 0.3) is 5.91 Å². The standard InChI is InChI=1S/C13H14FIN2O.ClH/c14-10-1-2-11(12(15)7-10)13(18)17-8-9-3-5-16-6-4-9;/h1-3,7,16H,4-6,8H2,(H,17,18);1H. The summed E-state index contributed by atoms with van der Waals surface area (Å²) in [6, 6.07) is 4.18. The zero-order valence-electron chi connectivity index (χ0n) is 10.2. The highest BCUT2D eigenvalue weighted by Crippen LogP contribution is 2.14. The molecule has 19 heavy (non-hydrogen) atoms. The predicted molar refractivity (Wildman–Crippen MR) is 84.3 cm³/mol. The van der Waals surface area contributed by atoms with Gasteiger partial charge in [0.2, 0.25) is 0 Å². The molecular weight excluding hydrogens is 382 g/mol. The van der Waals surface area contributed by atoms with Gasteiger partial charge in [-0.05, 0) is 53.8 Å². The number of benzene rings is 1. The van der Waals surface area contributed by atoms with Crippen molar-refractivity contribution in [3.63, 3.8) is 0 Å². The molecule has 0 saturated carbocycles. The van der Waals surface area contributed by atoms with Gasteiger partial charge in [0, 0.05) is 16.7 Å². The van der Waals surface area contributed by atoms with E-state index in [-0.39, 0.29) is 24.1 Å². The second-order valence-corrected chi connectivity index (χ2v) is 5.29. The Morgan fingerprint density at radius 3 is 2.89 bits per heavy atom. The maximum absolute atomic E-state index is 12.9. The van der Waals surface area contributed by atoms with Crippen LogP contribution in [0, 0.1) is 9.39 Å². The van der Waals surface area contributed by atoms with E-state index >= 15 is 0 Å². The molecular formula is C13H15ClFIN2O. The Balaban J connectivity index is 0.00000180. The van der Waals surface area contributed by atoms with E-state index in [2.05, 4.69) is 16.7 Å². The van der Waals surface area contributed by atoms with Crippen LogP contribution in [-0.2, 0) is 0 Å². The summed E-state index contributed by atoms with van der Waals surface area (Å²) in [5.41, 5.74) is 1.76. The van der Waals surface area contributed by atoms with Crippen molar-refractivity contribution in [2.45, 2.75) is 6.42 Å². The number of hydrogen-bond acceptors (Lipinski definition) is 2. The Morgan fingerprint density at radius 2 is 2.26 bits per heavy atom. The van der Waals surface area contributed by atoms with E-state index in [0.29, 0.717) is 15.7 Å². The van der Waals surface area contributed by atoms with E-state index in [9.17, 15) is 9.18 Å².